The number of hydrogen-bond donors (Lipinski definition) is 2. The Hall–Kier alpha value is -1.23. The van der Waals surface area contributed by atoms with Gasteiger partial charge in [0, 0.05) is 0 Å². The normalized spacial score (nSPS) is 13.1. The van der Waals surface area contributed by atoms with Gasteiger partial charge in [0.15, 0.2) is 0 Å². The molecular formula is C7H8N2O2S. The SMILES string of the molecule is COC(=O)c1cc2c(s1)NCN2. The minimum absolute atomic E-state index is 0.280. The number of fused-ring (bicyclic) bond motifs is 1. The molecule has 0 saturated carbocycles. The average molecular weight is 184 g/mol. The molecule has 0 saturated heterocycles. The minimum atomic E-state index is -0.280. The van der Waals surface area contributed by atoms with E-state index < -0.39 is 0 Å². The smallest absolute Gasteiger partial charge is 0.348 e. The minimum Gasteiger partial charge on any atom is -0.465 e. The molecule has 0 unspecified atom stereocenters. The molecule has 1 aliphatic rings. The Morgan fingerprint density at radius 3 is 3.17 bits per heavy atom. The predicted molar refractivity (Wildman–Crippen MR) is 47.8 cm³/mol. The van der Waals surface area contributed by atoms with E-state index in [0.717, 1.165) is 17.4 Å². The van der Waals surface area contributed by atoms with E-state index in [9.17, 15) is 4.79 Å². The lowest BCUT2D eigenvalue weighted by Crippen LogP contribution is -2.02. The van der Waals surface area contributed by atoms with Crippen molar-refractivity contribution >= 4 is 28.0 Å². The van der Waals surface area contributed by atoms with Crippen molar-refractivity contribution in [3.63, 3.8) is 0 Å². The van der Waals surface area contributed by atoms with E-state index in [2.05, 4.69) is 15.4 Å². The molecule has 64 valence electrons. The summed E-state index contributed by atoms with van der Waals surface area (Å²) >= 11 is 1.41. The zero-order valence-corrected chi connectivity index (χ0v) is 7.33. The molecule has 12 heavy (non-hydrogen) atoms. The highest BCUT2D eigenvalue weighted by Crippen LogP contribution is 2.35. The third kappa shape index (κ3) is 1.02. The Kier molecular flexibility index (Phi) is 1.65. The van der Waals surface area contributed by atoms with Gasteiger partial charge in [-0.15, -0.1) is 11.3 Å². The number of nitrogens with one attached hydrogen (secondary N) is 2. The summed E-state index contributed by atoms with van der Waals surface area (Å²) in [6.07, 6.45) is 0. The number of hydrogen-bond acceptors (Lipinski definition) is 5. The molecule has 0 fully saturated rings. The molecule has 0 amide bonds. The lowest BCUT2D eigenvalue weighted by Gasteiger charge is -1.94. The number of esters is 1. The van der Waals surface area contributed by atoms with Crippen molar-refractivity contribution in [2.75, 3.05) is 24.4 Å². The highest BCUT2D eigenvalue weighted by Gasteiger charge is 2.17. The van der Waals surface area contributed by atoms with Crippen molar-refractivity contribution < 1.29 is 9.53 Å². The molecule has 0 spiro atoms. The van der Waals surface area contributed by atoms with Crippen molar-refractivity contribution in [1.82, 2.24) is 0 Å². The molecular weight excluding hydrogens is 176 g/mol. The van der Waals surface area contributed by atoms with Crippen molar-refractivity contribution in [2.24, 2.45) is 0 Å². The molecule has 4 nitrogen and oxygen atoms in total. The number of rotatable bonds is 1. The van der Waals surface area contributed by atoms with Gasteiger partial charge in [-0.25, -0.2) is 4.79 Å². The van der Waals surface area contributed by atoms with E-state index in [1.807, 2.05) is 0 Å². The van der Waals surface area contributed by atoms with Crippen molar-refractivity contribution in [3.05, 3.63) is 10.9 Å². The van der Waals surface area contributed by atoms with Crippen molar-refractivity contribution in [1.29, 1.82) is 0 Å². The topological polar surface area (TPSA) is 50.4 Å². The summed E-state index contributed by atoms with van der Waals surface area (Å²) in [6.45, 7) is 0.739. The number of thiophene rings is 1. The van der Waals surface area contributed by atoms with Crippen LogP contribution in [0.1, 0.15) is 9.67 Å². The molecule has 5 heteroatoms. The van der Waals surface area contributed by atoms with Crippen LogP contribution >= 0.6 is 11.3 Å². The zero-order chi connectivity index (χ0) is 8.55. The van der Waals surface area contributed by atoms with E-state index in [1.54, 1.807) is 6.07 Å². The lowest BCUT2D eigenvalue weighted by molar-refractivity contribution is 0.0606. The highest BCUT2D eigenvalue weighted by atomic mass is 32.1. The van der Waals surface area contributed by atoms with Crippen LogP contribution in [0.4, 0.5) is 10.7 Å². The lowest BCUT2D eigenvalue weighted by atomic mass is 10.4. The van der Waals surface area contributed by atoms with Crippen LogP contribution in [0.2, 0.25) is 0 Å². The van der Waals surface area contributed by atoms with Gasteiger partial charge < -0.3 is 15.4 Å². The van der Waals surface area contributed by atoms with Crippen LogP contribution in [0, 0.1) is 0 Å². The molecule has 2 heterocycles. The molecule has 0 bridgehead atoms. The van der Waals surface area contributed by atoms with Gasteiger partial charge in [-0.3, -0.25) is 0 Å². The van der Waals surface area contributed by atoms with Gasteiger partial charge in [-0.1, -0.05) is 0 Å². The standard InChI is InChI=1S/C7H8N2O2S/c1-11-7(10)5-2-4-6(12-5)9-3-8-4/h2,8-9H,3H2,1H3. The summed E-state index contributed by atoms with van der Waals surface area (Å²) in [5.74, 6) is -0.280. The van der Waals surface area contributed by atoms with E-state index in [4.69, 9.17) is 0 Å². The van der Waals surface area contributed by atoms with E-state index in [-0.39, 0.29) is 5.97 Å². The van der Waals surface area contributed by atoms with Gasteiger partial charge in [-0.05, 0) is 6.07 Å². The van der Waals surface area contributed by atoms with Crippen LogP contribution in [0.15, 0.2) is 6.07 Å². The second-order valence-corrected chi connectivity index (χ2v) is 3.43. The Balaban J connectivity index is 2.31. The van der Waals surface area contributed by atoms with Gasteiger partial charge >= 0.3 is 5.97 Å². The average Bonchev–Trinajstić information content (AvgIpc) is 2.60. The third-order valence-corrected chi connectivity index (χ3v) is 2.72. The number of carbonyl (C=O) groups is 1. The van der Waals surface area contributed by atoms with Crippen LogP contribution < -0.4 is 10.6 Å². The Morgan fingerprint density at radius 1 is 1.67 bits per heavy atom. The molecule has 1 aliphatic heterocycles. The first kappa shape index (κ1) is 7.42. The summed E-state index contributed by atoms with van der Waals surface area (Å²) in [4.78, 5) is 11.7. The Labute approximate surface area is 73.5 Å². The molecule has 0 aliphatic carbocycles. The molecule has 0 radical (unpaired) electrons. The van der Waals surface area contributed by atoms with E-state index in [0.29, 0.717) is 4.88 Å². The summed E-state index contributed by atoms with van der Waals surface area (Å²) in [6, 6.07) is 1.80. The fraction of sp³-hybridized carbons (Fsp3) is 0.286. The predicted octanol–water partition coefficient (Wildman–Crippen LogP) is 1.33. The largest absolute Gasteiger partial charge is 0.465 e. The van der Waals surface area contributed by atoms with E-state index >= 15 is 0 Å². The number of carbonyl (C=O) groups excluding carboxylic acids is 1. The van der Waals surface area contributed by atoms with Crippen LogP contribution in [-0.4, -0.2) is 19.7 Å². The number of ether oxygens (including phenoxy) is 1. The maximum Gasteiger partial charge on any atom is 0.348 e. The second kappa shape index (κ2) is 2.67. The fourth-order valence-corrected chi connectivity index (χ4v) is 2.02. The van der Waals surface area contributed by atoms with Crippen molar-refractivity contribution in [2.45, 2.75) is 0 Å². The van der Waals surface area contributed by atoms with Crippen LogP contribution in [0.25, 0.3) is 0 Å². The first-order chi connectivity index (χ1) is 5.81. The number of anilines is 2. The quantitative estimate of drug-likeness (QED) is 0.646. The summed E-state index contributed by atoms with van der Waals surface area (Å²) in [5, 5.41) is 7.20. The Morgan fingerprint density at radius 2 is 2.50 bits per heavy atom. The summed E-state index contributed by atoms with van der Waals surface area (Å²) in [7, 11) is 1.38. The molecule has 0 atom stereocenters. The monoisotopic (exact) mass is 184 g/mol. The van der Waals surface area contributed by atoms with Gasteiger partial charge in [0.1, 0.15) is 9.88 Å². The third-order valence-electron chi connectivity index (χ3n) is 1.65. The summed E-state index contributed by atoms with van der Waals surface area (Å²) < 4.78 is 4.59. The molecule has 1 aromatic rings. The molecule has 2 rings (SSSR count). The Bertz CT molecular complexity index is 300. The summed E-state index contributed by atoms with van der Waals surface area (Å²) in [5.41, 5.74) is 0.986. The van der Waals surface area contributed by atoms with E-state index in [1.165, 1.54) is 18.4 Å². The zero-order valence-electron chi connectivity index (χ0n) is 6.51. The maximum absolute atomic E-state index is 11.1. The van der Waals surface area contributed by atoms with Crippen LogP contribution in [-0.2, 0) is 4.74 Å². The first-order valence-electron chi connectivity index (χ1n) is 3.51. The van der Waals surface area contributed by atoms with Gasteiger partial charge in [-0.2, -0.15) is 0 Å². The van der Waals surface area contributed by atoms with Gasteiger partial charge in [0.05, 0.1) is 19.5 Å². The molecule has 2 N–H and O–H groups in total. The fourth-order valence-electron chi connectivity index (χ4n) is 1.07. The van der Waals surface area contributed by atoms with Crippen LogP contribution in [0.3, 0.4) is 0 Å². The molecule has 0 aromatic carbocycles. The van der Waals surface area contributed by atoms with Gasteiger partial charge in [0.25, 0.3) is 0 Å². The molecule has 1 aromatic heterocycles. The van der Waals surface area contributed by atoms with Crippen molar-refractivity contribution in [3.8, 4) is 0 Å². The first-order valence-corrected chi connectivity index (χ1v) is 4.33. The second-order valence-electron chi connectivity index (χ2n) is 2.38. The van der Waals surface area contributed by atoms with Gasteiger partial charge in [0.2, 0.25) is 0 Å². The number of methoxy groups -OCH3 is 1. The van der Waals surface area contributed by atoms with Crippen LogP contribution in [0.5, 0.6) is 0 Å². The highest BCUT2D eigenvalue weighted by molar-refractivity contribution is 7.18. The maximum atomic E-state index is 11.1.